The van der Waals surface area contributed by atoms with E-state index in [-0.39, 0.29) is 23.8 Å². The minimum absolute atomic E-state index is 0.0234. The van der Waals surface area contributed by atoms with E-state index in [2.05, 4.69) is 24.8 Å². The summed E-state index contributed by atoms with van der Waals surface area (Å²) in [6.45, 7) is 8.68. The molecule has 2 heterocycles. The highest BCUT2D eigenvalue weighted by molar-refractivity contribution is 5.93. The average Bonchev–Trinajstić information content (AvgIpc) is 3.19. The maximum absolute atomic E-state index is 12.8. The van der Waals surface area contributed by atoms with Crippen LogP contribution < -0.4 is 0 Å². The predicted molar refractivity (Wildman–Crippen MR) is 101 cm³/mol. The molecule has 1 aliphatic heterocycles. The van der Waals surface area contributed by atoms with E-state index in [1.54, 1.807) is 11.5 Å². The molecule has 0 saturated carbocycles. The second-order valence-corrected chi connectivity index (χ2v) is 7.63. The van der Waals surface area contributed by atoms with Gasteiger partial charge in [-0.25, -0.2) is 0 Å². The molecule has 1 aromatic carbocycles. The number of likely N-dealkylation sites (tertiary alicyclic amines) is 1. The van der Waals surface area contributed by atoms with Gasteiger partial charge in [0.05, 0.1) is 5.52 Å². The Bertz CT molecular complexity index is 790. The Hall–Kier alpha value is -2.10. The number of hydrogen-bond acceptors (Lipinski definition) is 2. The van der Waals surface area contributed by atoms with Crippen molar-refractivity contribution in [3.63, 3.8) is 0 Å². The number of amides is 1. The first-order valence-electron chi connectivity index (χ1n) is 9.30. The van der Waals surface area contributed by atoms with Gasteiger partial charge in [0, 0.05) is 37.0 Å². The van der Waals surface area contributed by atoms with Crippen molar-refractivity contribution < 1.29 is 9.59 Å². The molecule has 0 N–H and O–H groups in total. The molecule has 2 atom stereocenters. The minimum Gasteiger partial charge on any atom is -0.339 e. The second-order valence-electron chi connectivity index (χ2n) is 7.63. The largest absolute Gasteiger partial charge is 0.339 e. The molecule has 134 valence electrons. The Balaban J connectivity index is 1.88. The van der Waals surface area contributed by atoms with Crippen LogP contribution >= 0.6 is 0 Å². The molecule has 1 aromatic heterocycles. The van der Waals surface area contributed by atoms with Crippen molar-refractivity contribution in [1.82, 2.24) is 9.47 Å². The first-order valence-corrected chi connectivity index (χ1v) is 9.30. The molecule has 0 bridgehead atoms. The van der Waals surface area contributed by atoms with Crippen molar-refractivity contribution >= 4 is 22.7 Å². The zero-order valence-electron chi connectivity index (χ0n) is 15.7. The molecule has 1 fully saturated rings. The van der Waals surface area contributed by atoms with Crippen molar-refractivity contribution in [3.05, 3.63) is 36.0 Å². The Morgan fingerprint density at radius 1 is 1.20 bits per heavy atom. The SMILES string of the molecule is CC(=O)n1cc(C[C@@H]2CCCN2C(=O)[C@@H](C)C(C)C)c2ccccc21. The summed E-state index contributed by atoms with van der Waals surface area (Å²) >= 11 is 0. The van der Waals surface area contributed by atoms with Gasteiger partial charge in [0.1, 0.15) is 0 Å². The van der Waals surface area contributed by atoms with Crippen molar-refractivity contribution in [2.75, 3.05) is 6.54 Å². The van der Waals surface area contributed by atoms with Crippen LogP contribution in [-0.2, 0) is 11.2 Å². The molecule has 4 heteroatoms. The summed E-state index contributed by atoms with van der Waals surface area (Å²) in [5.41, 5.74) is 2.11. The summed E-state index contributed by atoms with van der Waals surface area (Å²) in [5.74, 6) is 0.704. The fourth-order valence-electron chi connectivity index (χ4n) is 3.81. The molecule has 25 heavy (non-hydrogen) atoms. The molecule has 2 aromatic rings. The molecule has 0 spiro atoms. The van der Waals surface area contributed by atoms with Crippen LogP contribution in [0.15, 0.2) is 30.5 Å². The van der Waals surface area contributed by atoms with Crippen LogP contribution in [0.1, 0.15) is 50.9 Å². The van der Waals surface area contributed by atoms with E-state index in [9.17, 15) is 9.59 Å². The van der Waals surface area contributed by atoms with Crippen molar-refractivity contribution in [2.24, 2.45) is 11.8 Å². The standard InChI is InChI=1S/C21H28N2O2/c1-14(2)15(3)21(25)22-11-7-8-18(22)12-17-13-23(16(4)24)20-10-6-5-9-19(17)20/h5-6,9-10,13-15,18H,7-8,11-12H2,1-4H3/t15-,18-/m0/s1. The number of aromatic nitrogens is 1. The van der Waals surface area contributed by atoms with Gasteiger partial charge in [-0.1, -0.05) is 39.0 Å². The van der Waals surface area contributed by atoms with E-state index < -0.39 is 0 Å². The summed E-state index contributed by atoms with van der Waals surface area (Å²) in [5, 5.41) is 1.12. The molecule has 0 radical (unpaired) electrons. The fourth-order valence-corrected chi connectivity index (χ4v) is 3.81. The van der Waals surface area contributed by atoms with Crippen LogP contribution in [0.3, 0.4) is 0 Å². The Kier molecular flexibility index (Phi) is 4.98. The zero-order chi connectivity index (χ0) is 18.1. The third-order valence-electron chi connectivity index (χ3n) is 5.64. The van der Waals surface area contributed by atoms with Crippen LogP contribution in [0.25, 0.3) is 10.9 Å². The summed E-state index contributed by atoms with van der Waals surface area (Å²) in [6, 6.07) is 8.26. The number of fused-ring (bicyclic) bond motifs is 1. The third-order valence-corrected chi connectivity index (χ3v) is 5.64. The molecule has 4 nitrogen and oxygen atoms in total. The van der Waals surface area contributed by atoms with Gasteiger partial charge in [-0.05, 0) is 36.8 Å². The van der Waals surface area contributed by atoms with Gasteiger partial charge >= 0.3 is 0 Å². The monoisotopic (exact) mass is 340 g/mol. The lowest BCUT2D eigenvalue weighted by Gasteiger charge is -2.29. The zero-order valence-corrected chi connectivity index (χ0v) is 15.7. The van der Waals surface area contributed by atoms with Gasteiger partial charge in [-0.2, -0.15) is 0 Å². The van der Waals surface area contributed by atoms with Crippen LogP contribution in [-0.4, -0.2) is 33.9 Å². The predicted octanol–water partition coefficient (Wildman–Crippen LogP) is 4.13. The van der Waals surface area contributed by atoms with Gasteiger partial charge in [0.15, 0.2) is 0 Å². The molecule has 0 aliphatic carbocycles. The lowest BCUT2D eigenvalue weighted by molar-refractivity contribution is -0.137. The Morgan fingerprint density at radius 2 is 1.92 bits per heavy atom. The first-order chi connectivity index (χ1) is 11.9. The van der Waals surface area contributed by atoms with E-state index in [4.69, 9.17) is 0 Å². The second kappa shape index (κ2) is 7.03. The maximum Gasteiger partial charge on any atom is 0.227 e. The number of para-hydroxylation sites is 1. The minimum atomic E-state index is 0.0234. The van der Waals surface area contributed by atoms with E-state index in [0.29, 0.717) is 5.92 Å². The summed E-state index contributed by atoms with van der Waals surface area (Å²) in [4.78, 5) is 26.9. The number of carbonyl (C=O) groups is 2. The molecule has 0 unspecified atom stereocenters. The van der Waals surface area contributed by atoms with E-state index in [1.165, 1.54) is 0 Å². The summed E-state index contributed by atoms with van der Waals surface area (Å²) in [7, 11) is 0. The van der Waals surface area contributed by atoms with Crippen molar-refractivity contribution in [3.8, 4) is 0 Å². The molecule has 1 amide bonds. The lowest BCUT2D eigenvalue weighted by atomic mass is 9.95. The Morgan fingerprint density at radius 3 is 2.60 bits per heavy atom. The third kappa shape index (κ3) is 3.35. The highest BCUT2D eigenvalue weighted by Crippen LogP contribution is 2.29. The van der Waals surface area contributed by atoms with E-state index in [0.717, 1.165) is 42.3 Å². The number of rotatable bonds is 4. The smallest absolute Gasteiger partial charge is 0.227 e. The topological polar surface area (TPSA) is 42.3 Å². The summed E-state index contributed by atoms with van der Waals surface area (Å²) in [6.07, 6.45) is 4.87. The van der Waals surface area contributed by atoms with Crippen LogP contribution in [0, 0.1) is 11.8 Å². The van der Waals surface area contributed by atoms with Gasteiger partial charge in [0.2, 0.25) is 11.8 Å². The maximum atomic E-state index is 12.8. The average molecular weight is 340 g/mol. The highest BCUT2D eigenvalue weighted by atomic mass is 16.2. The normalized spacial score (nSPS) is 18.9. The molecule has 1 saturated heterocycles. The number of carbonyl (C=O) groups excluding carboxylic acids is 2. The van der Waals surface area contributed by atoms with Crippen LogP contribution in [0.2, 0.25) is 0 Å². The van der Waals surface area contributed by atoms with Crippen molar-refractivity contribution in [2.45, 2.75) is 53.0 Å². The van der Waals surface area contributed by atoms with E-state index in [1.807, 2.05) is 31.3 Å². The fraction of sp³-hybridized carbons (Fsp3) is 0.524. The van der Waals surface area contributed by atoms with Gasteiger partial charge in [0.25, 0.3) is 0 Å². The molecular formula is C21H28N2O2. The number of nitrogens with zero attached hydrogens (tertiary/aromatic N) is 2. The molecule has 1 aliphatic rings. The first kappa shape index (κ1) is 17.7. The Labute approximate surface area is 149 Å². The van der Waals surface area contributed by atoms with Crippen LogP contribution in [0.4, 0.5) is 0 Å². The number of benzene rings is 1. The quantitative estimate of drug-likeness (QED) is 0.840. The highest BCUT2D eigenvalue weighted by Gasteiger charge is 2.32. The van der Waals surface area contributed by atoms with Gasteiger partial charge in [-0.3, -0.25) is 14.2 Å². The van der Waals surface area contributed by atoms with Gasteiger partial charge < -0.3 is 4.90 Å². The molecular weight excluding hydrogens is 312 g/mol. The van der Waals surface area contributed by atoms with E-state index >= 15 is 0 Å². The van der Waals surface area contributed by atoms with Crippen LogP contribution in [0.5, 0.6) is 0 Å². The van der Waals surface area contributed by atoms with Crippen molar-refractivity contribution in [1.29, 1.82) is 0 Å². The molecule has 3 rings (SSSR count). The number of hydrogen-bond donors (Lipinski definition) is 0. The lowest BCUT2D eigenvalue weighted by Crippen LogP contribution is -2.41. The summed E-state index contributed by atoms with van der Waals surface area (Å²) < 4.78 is 1.72. The van der Waals surface area contributed by atoms with Gasteiger partial charge in [-0.15, -0.1) is 0 Å².